The van der Waals surface area contributed by atoms with Crippen molar-refractivity contribution in [1.82, 2.24) is 0 Å². The molecule has 0 aliphatic heterocycles. The van der Waals surface area contributed by atoms with Crippen LogP contribution in [0.5, 0.6) is 5.75 Å². The second-order valence-electron chi connectivity index (χ2n) is 2.98. The van der Waals surface area contributed by atoms with Gasteiger partial charge in [-0.05, 0) is 24.1 Å². The lowest BCUT2D eigenvalue weighted by atomic mass is 10.1. The van der Waals surface area contributed by atoms with Crippen LogP contribution in [0.1, 0.15) is 17.5 Å². The molecular formula is C11H11N3O. The van der Waals surface area contributed by atoms with Crippen LogP contribution in [0.4, 0.5) is 0 Å². The highest BCUT2D eigenvalue weighted by Crippen LogP contribution is 2.18. The SMILES string of the molecule is Cc1cccc(O)c1C#CCCN=[N+]=[N-]. The van der Waals surface area contributed by atoms with Gasteiger partial charge in [-0.15, -0.1) is 0 Å². The molecule has 0 heterocycles. The van der Waals surface area contributed by atoms with Crippen molar-refractivity contribution in [2.75, 3.05) is 6.54 Å². The third kappa shape index (κ3) is 3.26. The summed E-state index contributed by atoms with van der Waals surface area (Å²) < 4.78 is 0. The Morgan fingerprint density at radius 3 is 3.00 bits per heavy atom. The van der Waals surface area contributed by atoms with Gasteiger partial charge in [0, 0.05) is 17.9 Å². The number of rotatable bonds is 2. The van der Waals surface area contributed by atoms with Crippen molar-refractivity contribution in [3.8, 4) is 17.6 Å². The predicted molar refractivity (Wildman–Crippen MR) is 58.4 cm³/mol. The van der Waals surface area contributed by atoms with Gasteiger partial charge in [0.15, 0.2) is 0 Å². The van der Waals surface area contributed by atoms with E-state index in [2.05, 4.69) is 21.9 Å². The summed E-state index contributed by atoms with van der Waals surface area (Å²) >= 11 is 0. The Balaban J connectivity index is 2.75. The molecule has 0 radical (unpaired) electrons. The molecule has 0 amide bonds. The second kappa shape index (κ2) is 5.58. The smallest absolute Gasteiger partial charge is 0.131 e. The Morgan fingerprint density at radius 1 is 1.53 bits per heavy atom. The molecule has 1 N–H and O–H groups in total. The summed E-state index contributed by atoms with van der Waals surface area (Å²) in [6, 6.07) is 5.26. The molecule has 4 nitrogen and oxygen atoms in total. The Bertz CT molecular complexity index is 430. The lowest BCUT2D eigenvalue weighted by Crippen LogP contribution is -1.82. The second-order valence-corrected chi connectivity index (χ2v) is 2.98. The molecule has 0 aliphatic rings. The van der Waals surface area contributed by atoms with Crippen molar-refractivity contribution in [2.24, 2.45) is 5.11 Å². The predicted octanol–water partition coefficient (Wildman–Crippen LogP) is 2.75. The van der Waals surface area contributed by atoms with Gasteiger partial charge < -0.3 is 5.11 Å². The zero-order valence-electron chi connectivity index (χ0n) is 8.44. The topological polar surface area (TPSA) is 69.0 Å². The molecule has 0 saturated heterocycles. The Hall–Kier alpha value is -2.11. The van der Waals surface area contributed by atoms with E-state index in [-0.39, 0.29) is 5.75 Å². The summed E-state index contributed by atoms with van der Waals surface area (Å²) in [6.07, 6.45) is 0.498. The number of aromatic hydroxyl groups is 1. The molecule has 1 rings (SSSR count). The molecule has 0 atom stereocenters. The van der Waals surface area contributed by atoms with E-state index in [1.165, 1.54) is 0 Å². The number of azide groups is 1. The molecule has 4 heteroatoms. The van der Waals surface area contributed by atoms with Crippen molar-refractivity contribution in [2.45, 2.75) is 13.3 Å². The first-order chi connectivity index (χ1) is 7.25. The van der Waals surface area contributed by atoms with Crippen LogP contribution < -0.4 is 0 Å². The zero-order chi connectivity index (χ0) is 11.1. The molecule has 0 saturated carbocycles. The molecule has 76 valence electrons. The lowest BCUT2D eigenvalue weighted by molar-refractivity contribution is 0.473. The van der Waals surface area contributed by atoms with Crippen LogP contribution in [0.25, 0.3) is 10.4 Å². The number of benzene rings is 1. The monoisotopic (exact) mass is 201 g/mol. The van der Waals surface area contributed by atoms with Crippen molar-refractivity contribution in [3.63, 3.8) is 0 Å². The fourth-order valence-corrected chi connectivity index (χ4v) is 1.12. The number of hydrogen-bond acceptors (Lipinski definition) is 2. The van der Waals surface area contributed by atoms with E-state index in [4.69, 9.17) is 5.53 Å². The molecule has 0 aliphatic carbocycles. The molecule has 0 spiro atoms. The number of aryl methyl sites for hydroxylation is 1. The van der Waals surface area contributed by atoms with Crippen molar-refractivity contribution in [3.05, 3.63) is 39.8 Å². The first-order valence-corrected chi connectivity index (χ1v) is 4.54. The maximum atomic E-state index is 9.51. The fourth-order valence-electron chi connectivity index (χ4n) is 1.12. The normalized spacial score (nSPS) is 8.60. The highest BCUT2D eigenvalue weighted by molar-refractivity contribution is 5.50. The van der Waals surface area contributed by atoms with Gasteiger partial charge in [-0.2, -0.15) is 0 Å². The van der Waals surface area contributed by atoms with Gasteiger partial charge in [0.25, 0.3) is 0 Å². The molecule has 0 fully saturated rings. The van der Waals surface area contributed by atoms with E-state index in [1.54, 1.807) is 12.1 Å². The van der Waals surface area contributed by atoms with E-state index in [1.807, 2.05) is 13.0 Å². The van der Waals surface area contributed by atoms with Gasteiger partial charge in [0.2, 0.25) is 0 Å². The summed E-state index contributed by atoms with van der Waals surface area (Å²) in [5, 5.41) is 12.9. The Morgan fingerprint density at radius 2 is 2.33 bits per heavy atom. The maximum absolute atomic E-state index is 9.51. The number of hydrogen-bond donors (Lipinski definition) is 1. The lowest BCUT2D eigenvalue weighted by Gasteiger charge is -1.99. The zero-order valence-corrected chi connectivity index (χ0v) is 8.44. The first-order valence-electron chi connectivity index (χ1n) is 4.54. The summed E-state index contributed by atoms with van der Waals surface area (Å²) in [5.41, 5.74) is 9.61. The van der Waals surface area contributed by atoms with Crippen LogP contribution in [0, 0.1) is 18.8 Å². The summed E-state index contributed by atoms with van der Waals surface area (Å²) in [7, 11) is 0. The number of phenols is 1. The average molecular weight is 201 g/mol. The Labute approximate surface area is 88.2 Å². The fraction of sp³-hybridized carbons (Fsp3) is 0.273. The summed E-state index contributed by atoms with van der Waals surface area (Å²) in [4.78, 5) is 2.62. The van der Waals surface area contributed by atoms with E-state index >= 15 is 0 Å². The number of phenolic OH excluding ortho intramolecular Hbond substituents is 1. The van der Waals surface area contributed by atoms with Crippen LogP contribution >= 0.6 is 0 Å². The first kappa shape index (κ1) is 11.0. The van der Waals surface area contributed by atoms with E-state index < -0.39 is 0 Å². The highest BCUT2D eigenvalue weighted by atomic mass is 16.3. The molecule has 1 aromatic rings. The van der Waals surface area contributed by atoms with E-state index in [9.17, 15) is 5.11 Å². The van der Waals surface area contributed by atoms with Crippen LogP contribution in [-0.4, -0.2) is 11.7 Å². The van der Waals surface area contributed by atoms with Crippen molar-refractivity contribution < 1.29 is 5.11 Å². The van der Waals surface area contributed by atoms with Crippen LogP contribution in [0.2, 0.25) is 0 Å². The van der Waals surface area contributed by atoms with Crippen LogP contribution in [0.3, 0.4) is 0 Å². The minimum absolute atomic E-state index is 0.186. The van der Waals surface area contributed by atoms with Gasteiger partial charge in [-0.25, -0.2) is 0 Å². The summed E-state index contributed by atoms with van der Waals surface area (Å²) in [6.45, 7) is 2.24. The summed E-state index contributed by atoms with van der Waals surface area (Å²) in [5.74, 6) is 5.89. The highest BCUT2D eigenvalue weighted by Gasteiger charge is 1.99. The Kier molecular flexibility index (Phi) is 4.08. The third-order valence-electron chi connectivity index (χ3n) is 1.86. The molecule has 0 unspecified atom stereocenters. The van der Waals surface area contributed by atoms with Crippen molar-refractivity contribution in [1.29, 1.82) is 0 Å². The number of nitrogens with zero attached hydrogens (tertiary/aromatic N) is 3. The molecule has 15 heavy (non-hydrogen) atoms. The van der Waals surface area contributed by atoms with Crippen LogP contribution in [-0.2, 0) is 0 Å². The minimum atomic E-state index is 0.186. The standard InChI is InChI=1S/C11H11N3O/c1-9-5-4-7-11(15)10(9)6-2-3-8-13-14-12/h4-5,7,15H,3,8H2,1H3. The van der Waals surface area contributed by atoms with Gasteiger partial charge in [0.05, 0.1) is 5.56 Å². The van der Waals surface area contributed by atoms with E-state index in [0.717, 1.165) is 5.56 Å². The molecular weight excluding hydrogens is 190 g/mol. The largest absolute Gasteiger partial charge is 0.507 e. The quantitative estimate of drug-likeness (QED) is 0.258. The van der Waals surface area contributed by atoms with Gasteiger partial charge >= 0.3 is 0 Å². The minimum Gasteiger partial charge on any atom is -0.507 e. The van der Waals surface area contributed by atoms with E-state index in [0.29, 0.717) is 18.5 Å². The van der Waals surface area contributed by atoms with Gasteiger partial charge in [0.1, 0.15) is 5.75 Å². The molecule has 1 aromatic carbocycles. The van der Waals surface area contributed by atoms with Crippen LogP contribution in [0.15, 0.2) is 23.3 Å². The average Bonchev–Trinajstić information content (AvgIpc) is 2.21. The van der Waals surface area contributed by atoms with Gasteiger partial charge in [-0.3, -0.25) is 0 Å². The molecule has 0 bridgehead atoms. The van der Waals surface area contributed by atoms with Gasteiger partial charge in [-0.1, -0.05) is 29.1 Å². The van der Waals surface area contributed by atoms with Crippen molar-refractivity contribution >= 4 is 0 Å². The molecule has 0 aromatic heterocycles. The maximum Gasteiger partial charge on any atom is 0.131 e. The third-order valence-corrected chi connectivity index (χ3v) is 1.86.